The molecule has 0 bridgehead atoms. The number of nitrogens with zero attached hydrogens (tertiary/aromatic N) is 5. The highest BCUT2D eigenvalue weighted by atomic mass is 35.5. The molecule has 2 aromatic heterocycles. The third-order valence-corrected chi connectivity index (χ3v) is 7.23. The number of hydrogen-bond acceptors (Lipinski definition) is 5. The van der Waals surface area contributed by atoms with E-state index in [1.807, 2.05) is 32.2 Å². The van der Waals surface area contributed by atoms with Gasteiger partial charge in [0.25, 0.3) is 11.8 Å². The summed E-state index contributed by atoms with van der Waals surface area (Å²) < 4.78 is 3.28. The van der Waals surface area contributed by atoms with Crippen LogP contribution < -0.4 is 15.5 Å². The first-order valence-corrected chi connectivity index (χ1v) is 12.6. The van der Waals surface area contributed by atoms with Gasteiger partial charge in [-0.15, -0.1) is 12.4 Å². The van der Waals surface area contributed by atoms with Crippen molar-refractivity contribution in [3.05, 3.63) is 93.0 Å². The summed E-state index contributed by atoms with van der Waals surface area (Å²) in [6.07, 6.45) is 0.968. The normalized spacial score (nSPS) is 14.2. The van der Waals surface area contributed by atoms with Gasteiger partial charge in [-0.05, 0) is 67.4 Å². The Labute approximate surface area is 231 Å². The molecule has 2 aliphatic heterocycles. The highest BCUT2D eigenvalue weighted by Gasteiger charge is 2.38. The Hall–Kier alpha value is -3.66. The molecule has 4 aromatic rings. The predicted molar refractivity (Wildman–Crippen MR) is 147 cm³/mol. The number of halogens is 2. The van der Waals surface area contributed by atoms with E-state index in [1.165, 1.54) is 15.8 Å². The average Bonchev–Trinajstić information content (AvgIpc) is 3.54. The molecule has 0 saturated heterocycles. The maximum atomic E-state index is 13.6. The lowest BCUT2D eigenvalue weighted by molar-refractivity contribution is 0.0939. The van der Waals surface area contributed by atoms with Crippen LogP contribution in [0.5, 0.6) is 0 Å². The Morgan fingerprint density at radius 1 is 1.11 bits per heavy atom. The highest BCUT2D eigenvalue weighted by Crippen LogP contribution is 2.33. The van der Waals surface area contributed by atoms with Gasteiger partial charge in [0.1, 0.15) is 5.69 Å². The van der Waals surface area contributed by atoms with Crippen LogP contribution in [0.1, 0.15) is 49.1 Å². The van der Waals surface area contributed by atoms with E-state index in [-0.39, 0.29) is 43.0 Å². The molecule has 4 heterocycles. The standard InChI is InChI=1S/C27H26ClN7O2.ClH/c1-16-10-20(31-33(16)2)14-30-26(36)25-23-15-34(21-7-6-17-8-9-29-13-18(17)11-21)27(37)24(23)32-35(25)22-5-3-4-19(28)12-22;/h3-7,10-12,29H,8-9,13-15H2,1-2H3,(H,30,36);1H. The van der Waals surface area contributed by atoms with Crippen molar-refractivity contribution < 1.29 is 9.59 Å². The molecule has 196 valence electrons. The summed E-state index contributed by atoms with van der Waals surface area (Å²) in [5.41, 5.74) is 6.83. The molecule has 0 unspecified atom stereocenters. The predicted octanol–water partition coefficient (Wildman–Crippen LogP) is 3.73. The number of benzene rings is 2. The lowest BCUT2D eigenvalue weighted by atomic mass is 10.0. The first-order chi connectivity index (χ1) is 17.9. The number of aromatic nitrogens is 4. The second-order valence-corrected chi connectivity index (χ2v) is 9.86. The number of fused-ring (bicyclic) bond motifs is 2. The van der Waals surface area contributed by atoms with Gasteiger partial charge in [0.2, 0.25) is 0 Å². The fourth-order valence-electron chi connectivity index (χ4n) is 4.98. The zero-order valence-corrected chi connectivity index (χ0v) is 22.6. The molecule has 0 saturated carbocycles. The van der Waals surface area contributed by atoms with Crippen LogP contribution in [-0.4, -0.2) is 37.9 Å². The summed E-state index contributed by atoms with van der Waals surface area (Å²) in [4.78, 5) is 28.8. The largest absolute Gasteiger partial charge is 0.345 e. The van der Waals surface area contributed by atoms with Gasteiger partial charge in [-0.25, -0.2) is 4.68 Å². The van der Waals surface area contributed by atoms with Crippen molar-refractivity contribution in [3.63, 3.8) is 0 Å². The summed E-state index contributed by atoms with van der Waals surface area (Å²) in [5, 5.41) is 15.9. The van der Waals surface area contributed by atoms with Crippen LogP contribution in [0.15, 0.2) is 48.5 Å². The van der Waals surface area contributed by atoms with Gasteiger partial charge >= 0.3 is 0 Å². The molecule has 0 aliphatic carbocycles. The number of carbonyl (C=O) groups is 2. The third kappa shape index (κ3) is 4.57. The molecule has 0 atom stereocenters. The quantitative estimate of drug-likeness (QED) is 0.394. The van der Waals surface area contributed by atoms with Crippen LogP contribution in [0.3, 0.4) is 0 Å². The van der Waals surface area contributed by atoms with Gasteiger partial charge in [-0.1, -0.05) is 23.7 Å². The number of amides is 2. The Morgan fingerprint density at radius 2 is 1.95 bits per heavy atom. The van der Waals surface area contributed by atoms with Crippen LogP contribution in [0.25, 0.3) is 5.69 Å². The Morgan fingerprint density at radius 3 is 2.71 bits per heavy atom. The van der Waals surface area contributed by atoms with E-state index in [2.05, 4.69) is 33.0 Å². The molecule has 38 heavy (non-hydrogen) atoms. The number of anilines is 1. The monoisotopic (exact) mass is 551 g/mol. The van der Waals surface area contributed by atoms with Gasteiger partial charge in [-0.2, -0.15) is 10.2 Å². The Kier molecular flexibility index (Phi) is 7.00. The van der Waals surface area contributed by atoms with Gasteiger partial charge < -0.3 is 15.5 Å². The summed E-state index contributed by atoms with van der Waals surface area (Å²) in [7, 11) is 1.86. The molecule has 9 nitrogen and oxygen atoms in total. The topological polar surface area (TPSA) is 97.1 Å². The van der Waals surface area contributed by atoms with Crippen LogP contribution in [0, 0.1) is 6.92 Å². The van der Waals surface area contributed by atoms with Crippen LogP contribution in [0.2, 0.25) is 5.02 Å². The number of aryl methyl sites for hydroxylation is 2. The third-order valence-electron chi connectivity index (χ3n) is 7.00. The minimum atomic E-state index is -0.332. The van der Waals surface area contributed by atoms with Crippen LogP contribution in [0.4, 0.5) is 5.69 Å². The fraction of sp³-hybridized carbons (Fsp3) is 0.259. The minimum Gasteiger partial charge on any atom is -0.345 e. The second-order valence-electron chi connectivity index (χ2n) is 9.42. The molecular formula is C27H27Cl2N7O2. The van der Waals surface area contributed by atoms with Crippen molar-refractivity contribution in [2.24, 2.45) is 7.05 Å². The zero-order chi connectivity index (χ0) is 25.7. The van der Waals surface area contributed by atoms with E-state index >= 15 is 0 Å². The van der Waals surface area contributed by atoms with E-state index in [0.717, 1.165) is 36.6 Å². The molecule has 2 aliphatic rings. The fourth-order valence-corrected chi connectivity index (χ4v) is 5.16. The van der Waals surface area contributed by atoms with Gasteiger partial charge in [0.15, 0.2) is 5.69 Å². The second kappa shape index (κ2) is 10.2. The Bertz CT molecular complexity index is 1540. The van der Waals surface area contributed by atoms with E-state index < -0.39 is 0 Å². The lowest BCUT2D eigenvalue weighted by Gasteiger charge is -2.22. The van der Waals surface area contributed by atoms with Crippen molar-refractivity contribution in [2.45, 2.75) is 33.0 Å². The zero-order valence-electron chi connectivity index (χ0n) is 21.0. The molecular weight excluding hydrogens is 525 g/mol. The van der Waals surface area contributed by atoms with Crippen molar-refractivity contribution >= 4 is 41.5 Å². The maximum absolute atomic E-state index is 13.6. The molecule has 0 fully saturated rings. The van der Waals surface area contributed by atoms with Crippen molar-refractivity contribution in [2.75, 3.05) is 11.4 Å². The molecule has 11 heteroatoms. The molecule has 2 aromatic carbocycles. The maximum Gasteiger partial charge on any atom is 0.279 e. The summed E-state index contributed by atoms with van der Waals surface area (Å²) in [6, 6.07) is 15.1. The highest BCUT2D eigenvalue weighted by molar-refractivity contribution is 6.30. The number of hydrogen-bond donors (Lipinski definition) is 2. The Balaban J connectivity index is 0.00000294. The summed E-state index contributed by atoms with van der Waals surface area (Å²) in [5.74, 6) is -0.560. The summed E-state index contributed by atoms with van der Waals surface area (Å²) in [6.45, 7) is 4.20. The molecule has 2 amide bonds. The first-order valence-electron chi connectivity index (χ1n) is 12.2. The molecule has 6 rings (SSSR count). The first kappa shape index (κ1) is 26.0. The minimum absolute atomic E-state index is 0. The van der Waals surface area contributed by atoms with Gasteiger partial charge in [-0.3, -0.25) is 14.3 Å². The number of nitrogens with one attached hydrogen (secondary N) is 2. The van der Waals surface area contributed by atoms with Gasteiger partial charge in [0.05, 0.1) is 24.5 Å². The smallest absolute Gasteiger partial charge is 0.279 e. The molecule has 2 N–H and O–H groups in total. The molecule has 0 spiro atoms. The SMILES string of the molecule is Cc1cc(CNC(=O)c2c3c(nn2-c2cccc(Cl)c2)C(=O)N(c2ccc4c(c2)CNCC4)C3)nn1C.Cl. The van der Waals surface area contributed by atoms with Crippen molar-refractivity contribution in [1.82, 2.24) is 30.2 Å². The molecule has 0 radical (unpaired) electrons. The number of rotatable bonds is 5. The lowest BCUT2D eigenvalue weighted by Crippen LogP contribution is -2.29. The summed E-state index contributed by atoms with van der Waals surface area (Å²) >= 11 is 6.24. The van der Waals surface area contributed by atoms with E-state index in [1.54, 1.807) is 27.8 Å². The van der Waals surface area contributed by atoms with E-state index in [4.69, 9.17) is 11.6 Å². The van der Waals surface area contributed by atoms with Crippen LogP contribution >= 0.6 is 24.0 Å². The van der Waals surface area contributed by atoms with Crippen molar-refractivity contribution in [3.8, 4) is 5.69 Å². The van der Waals surface area contributed by atoms with Crippen molar-refractivity contribution in [1.29, 1.82) is 0 Å². The van der Waals surface area contributed by atoms with E-state index in [0.29, 0.717) is 22.0 Å². The van der Waals surface area contributed by atoms with Gasteiger partial charge in [0, 0.05) is 35.6 Å². The number of carbonyl (C=O) groups excluding carboxylic acids is 2. The van der Waals surface area contributed by atoms with Crippen LogP contribution in [-0.2, 0) is 33.1 Å². The van der Waals surface area contributed by atoms with E-state index in [9.17, 15) is 9.59 Å². The average molecular weight is 552 g/mol.